The summed E-state index contributed by atoms with van der Waals surface area (Å²) < 4.78 is 0. The molecule has 1 fully saturated rings. The number of aryl methyl sites for hydroxylation is 1. The number of carbonyl (C=O) groups is 2. The number of rotatable bonds is 5. The molecule has 1 aliphatic heterocycles. The number of benzene rings is 1. The molecule has 0 radical (unpaired) electrons. The number of hydrogen-bond acceptors (Lipinski definition) is 5. The summed E-state index contributed by atoms with van der Waals surface area (Å²) in [6.45, 7) is 13.0. The summed E-state index contributed by atoms with van der Waals surface area (Å²) in [4.78, 5) is 32.2. The lowest BCUT2D eigenvalue weighted by atomic mass is 9.72. The Hall–Kier alpha value is -2.22. The number of thiophene rings is 1. The van der Waals surface area contributed by atoms with Gasteiger partial charge in [0.1, 0.15) is 5.00 Å². The molecule has 7 heteroatoms. The van der Waals surface area contributed by atoms with Gasteiger partial charge >= 0.3 is 0 Å². The molecular weight excluding hydrogens is 444 g/mol. The second-order valence-corrected chi connectivity index (χ2v) is 12.1. The first kappa shape index (κ1) is 24.9. The van der Waals surface area contributed by atoms with Crippen molar-refractivity contribution in [2.45, 2.75) is 47.0 Å². The number of fused-ring (bicyclic) bond motifs is 1. The number of amides is 2. The van der Waals surface area contributed by atoms with Gasteiger partial charge in [0.05, 0.1) is 12.1 Å². The monoisotopic (exact) mass is 482 g/mol. The fourth-order valence-electron chi connectivity index (χ4n) is 4.86. The number of likely N-dealkylation sites (N-methyl/N-ethyl adjacent to an activating group) is 1. The minimum absolute atomic E-state index is 0.0418. The molecule has 2 N–H and O–H groups in total. The van der Waals surface area contributed by atoms with Gasteiger partial charge in [0.25, 0.3) is 5.91 Å². The molecule has 0 bridgehead atoms. The van der Waals surface area contributed by atoms with Gasteiger partial charge in [0.2, 0.25) is 5.91 Å². The molecule has 6 nitrogen and oxygen atoms in total. The van der Waals surface area contributed by atoms with Crippen LogP contribution in [0.15, 0.2) is 24.3 Å². The van der Waals surface area contributed by atoms with Crippen molar-refractivity contribution in [1.82, 2.24) is 9.80 Å². The van der Waals surface area contributed by atoms with E-state index < -0.39 is 0 Å². The second kappa shape index (κ2) is 10.2. The van der Waals surface area contributed by atoms with Gasteiger partial charge in [-0.05, 0) is 62.3 Å². The first-order valence-electron chi connectivity index (χ1n) is 12.3. The van der Waals surface area contributed by atoms with Gasteiger partial charge in [-0.3, -0.25) is 14.5 Å². The molecule has 1 aliphatic carbocycles. The van der Waals surface area contributed by atoms with Crippen molar-refractivity contribution in [3.8, 4) is 0 Å². The van der Waals surface area contributed by atoms with Gasteiger partial charge in [-0.2, -0.15) is 0 Å². The predicted octanol–water partition coefficient (Wildman–Crippen LogP) is 4.65. The van der Waals surface area contributed by atoms with Crippen molar-refractivity contribution in [1.29, 1.82) is 0 Å². The Morgan fingerprint density at radius 3 is 2.38 bits per heavy atom. The van der Waals surface area contributed by atoms with Crippen molar-refractivity contribution in [3.05, 3.63) is 45.8 Å². The number of nitrogens with one attached hydrogen (secondary N) is 2. The molecule has 1 saturated heterocycles. The zero-order valence-corrected chi connectivity index (χ0v) is 22.0. The molecule has 1 atom stereocenters. The Morgan fingerprint density at radius 2 is 1.74 bits per heavy atom. The zero-order chi connectivity index (χ0) is 24.5. The molecular formula is C27H38N4O2S. The van der Waals surface area contributed by atoms with Crippen LogP contribution in [-0.4, -0.2) is 61.4 Å². The van der Waals surface area contributed by atoms with Crippen LogP contribution in [0.1, 0.15) is 53.6 Å². The SMILES string of the molecule is Cc1ccc(NC(=O)c2c(NC(=O)CN3CCN(C)CC3)sc3c2CCC(C(C)(C)C)C3)cc1. The van der Waals surface area contributed by atoms with E-state index in [-0.39, 0.29) is 17.2 Å². The number of piperazine rings is 1. The van der Waals surface area contributed by atoms with Crippen molar-refractivity contribution < 1.29 is 9.59 Å². The molecule has 2 heterocycles. The molecule has 2 aliphatic rings. The summed E-state index contributed by atoms with van der Waals surface area (Å²) >= 11 is 1.59. The van der Waals surface area contributed by atoms with Crippen molar-refractivity contribution in [3.63, 3.8) is 0 Å². The van der Waals surface area contributed by atoms with Crippen LogP contribution in [0.5, 0.6) is 0 Å². The third-order valence-corrected chi connectivity index (χ3v) is 8.41. The van der Waals surface area contributed by atoms with E-state index >= 15 is 0 Å². The fourth-order valence-corrected chi connectivity index (χ4v) is 6.20. The normalized spacial score (nSPS) is 19.5. The molecule has 34 heavy (non-hydrogen) atoms. The first-order valence-corrected chi connectivity index (χ1v) is 13.1. The zero-order valence-electron chi connectivity index (χ0n) is 21.2. The number of anilines is 2. The van der Waals surface area contributed by atoms with E-state index in [2.05, 4.69) is 48.3 Å². The fraction of sp³-hybridized carbons (Fsp3) is 0.556. The Balaban J connectivity index is 1.56. The molecule has 2 aromatic rings. The van der Waals surface area contributed by atoms with E-state index in [4.69, 9.17) is 0 Å². The smallest absolute Gasteiger partial charge is 0.258 e. The predicted molar refractivity (Wildman–Crippen MR) is 141 cm³/mol. The maximum Gasteiger partial charge on any atom is 0.258 e. The van der Waals surface area contributed by atoms with Crippen LogP contribution in [0.2, 0.25) is 0 Å². The van der Waals surface area contributed by atoms with E-state index in [1.807, 2.05) is 31.2 Å². The number of carbonyl (C=O) groups excluding carboxylic acids is 2. The Morgan fingerprint density at radius 1 is 1.06 bits per heavy atom. The molecule has 184 valence electrons. The topological polar surface area (TPSA) is 64.7 Å². The van der Waals surface area contributed by atoms with Gasteiger partial charge in [0, 0.05) is 36.7 Å². The Kier molecular flexibility index (Phi) is 7.45. The maximum absolute atomic E-state index is 13.5. The summed E-state index contributed by atoms with van der Waals surface area (Å²) in [5.74, 6) is 0.394. The van der Waals surface area contributed by atoms with E-state index in [9.17, 15) is 9.59 Å². The van der Waals surface area contributed by atoms with Gasteiger partial charge in [-0.15, -0.1) is 11.3 Å². The summed E-state index contributed by atoms with van der Waals surface area (Å²) in [6.07, 6.45) is 2.90. The Labute approximate surface area is 207 Å². The summed E-state index contributed by atoms with van der Waals surface area (Å²) in [6, 6.07) is 7.83. The standard InChI is InChI=1S/C27H38N4O2S/c1-18-6-9-20(10-7-18)28-25(33)24-21-11-8-19(27(2,3)4)16-22(21)34-26(24)29-23(32)17-31-14-12-30(5)13-15-31/h6-7,9-10,19H,8,11-17H2,1-5H3,(H,28,33)(H,29,32). The second-order valence-electron chi connectivity index (χ2n) is 11.0. The van der Waals surface area contributed by atoms with Gasteiger partial charge in [-0.1, -0.05) is 38.5 Å². The lowest BCUT2D eigenvalue weighted by Gasteiger charge is -2.33. The summed E-state index contributed by atoms with van der Waals surface area (Å²) in [7, 11) is 2.11. The van der Waals surface area contributed by atoms with E-state index in [0.717, 1.165) is 62.3 Å². The molecule has 0 saturated carbocycles. The third-order valence-electron chi connectivity index (χ3n) is 7.24. The minimum Gasteiger partial charge on any atom is -0.322 e. The lowest BCUT2D eigenvalue weighted by Crippen LogP contribution is -2.47. The largest absolute Gasteiger partial charge is 0.322 e. The van der Waals surface area contributed by atoms with Crippen LogP contribution in [0.4, 0.5) is 10.7 Å². The number of nitrogens with zero attached hydrogens (tertiary/aromatic N) is 2. The maximum atomic E-state index is 13.5. The van der Waals surface area contributed by atoms with Crippen LogP contribution < -0.4 is 10.6 Å². The van der Waals surface area contributed by atoms with Crippen molar-refractivity contribution in [2.24, 2.45) is 11.3 Å². The van der Waals surface area contributed by atoms with Gasteiger partial charge < -0.3 is 15.5 Å². The average Bonchev–Trinajstić information content (AvgIpc) is 3.13. The first-order chi connectivity index (χ1) is 16.1. The molecule has 1 unspecified atom stereocenters. The molecule has 1 aromatic carbocycles. The highest BCUT2D eigenvalue weighted by Crippen LogP contribution is 2.44. The number of hydrogen-bond donors (Lipinski definition) is 2. The highest BCUT2D eigenvalue weighted by molar-refractivity contribution is 7.17. The van der Waals surface area contributed by atoms with E-state index in [0.29, 0.717) is 23.0 Å². The summed E-state index contributed by atoms with van der Waals surface area (Å²) in [5.41, 5.74) is 3.91. The molecule has 0 spiro atoms. The van der Waals surface area contributed by atoms with Crippen LogP contribution in [0.3, 0.4) is 0 Å². The van der Waals surface area contributed by atoms with E-state index in [1.54, 1.807) is 11.3 Å². The van der Waals surface area contributed by atoms with Crippen LogP contribution in [0, 0.1) is 18.3 Å². The average molecular weight is 483 g/mol. The van der Waals surface area contributed by atoms with Crippen LogP contribution in [0.25, 0.3) is 0 Å². The highest BCUT2D eigenvalue weighted by atomic mass is 32.1. The summed E-state index contributed by atoms with van der Waals surface area (Å²) in [5, 5.41) is 6.88. The van der Waals surface area contributed by atoms with E-state index in [1.165, 1.54) is 4.88 Å². The van der Waals surface area contributed by atoms with Gasteiger partial charge in [-0.25, -0.2) is 0 Å². The third kappa shape index (κ3) is 5.88. The quantitative estimate of drug-likeness (QED) is 0.651. The van der Waals surface area contributed by atoms with Crippen LogP contribution in [-0.2, 0) is 17.6 Å². The molecule has 2 amide bonds. The van der Waals surface area contributed by atoms with Gasteiger partial charge in [0.15, 0.2) is 0 Å². The lowest BCUT2D eigenvalue weighted by molar-refractivity contribution is -0.117. The molecule has 1 aromatic heterocycles. The van der Waals surface area contributed by atoms with Crippen LogP contribution >= 0.6 is 11.3 Å². The van der Waals surface area contributed by atoms with Crippen molar-refractivity contribution in [2.75, 3.05) is 50.4 Å². The van der Waals surface area contributed by atoms with Crippen molar-refractivity contribution >= 4 is 33.8 Å². The minimum atomic E-state index is -0.134. The highest BCUT2D eigenvalue weighted by Gasteiger charge is 2.34. The molecule has 4 rings (SSSR count). The Bertz CT molecular complexity index is 1030.